The lowest BCUT2D eigenvalue weighted by Gasteiger charge is -2.06. The highest BCUT2D eigenvalue weighted by atomic mass is 32.2. The summed E-state index contributed by atoms with van der Waals surface area (Å²) in [5, 5.41) is 8.66. The highest BCUT2D eigenvalue weighted by molar-refractivity contribution is 7.99. The van der Waals surface area contributed by atoms with Crippen molar-refractivity contribution in [1.82, 2.24) is 10.3 Å². The second-order valence-corrected chi connectivity index (χ2v) is 7.30. The van der Waals surface area contributed by atoms with Crippen LogP contribution in [0.3, 0.4) is 0 Å². The van der Waals surface area contributed by atoms with Gasteiger partial charge < -0.3 is 5.32 Å². The van der Waals surface area contributed by atoms with Crippen LogP contribution < -0.4 is 10.5 Å². The molecule has 0 aliphatic heterocycles. The van der Waals surface area contributed by atoms with E-state index in [1.807, 2.05) is 18.2 Å². The fourth-order valence-corrected chi connectivity index (χ4v) is 3.02. The van der Waals surface area contributed by atoms with Crippen LogP contribution in [0.15, 0.2) is 58.6 Å². The van der Waals surface area contributed by atoms with Crippen LogP contribution in [0.25, 0.3) is 0 Å². The van der Waals surface area contributed by atoms with Gasteiger partial charge in [-0.1, -0.05) is 30.0 Å². The van der Waals surface area contributed by atoms with Gasteiger partial charge in [0.2, 0.25) is 15.9 Å². The average Bonchev–Trinajstić information content (AvgIpc) is 2.53. The Kier molecular flexibility index (Phi) is 6.14. The van der Waals surface area contributed by atoms with E-state index in [0.717, 1.165) is 10.6 Å². The minimum atomic E-state index is -3.67. The van der Waals surface area contributed by atoms with E-state index in [1.54, 1.807) is 18.3 Å². The van der Waals surface area contributed by atoms with E-state index in [-0.39, 0.29) is 10.8 Å². The van der Waals surface area contributed by atoms with Crippen molar-refractivity contribution in [3.05, 3.63) is 54.2 Å². The van der Waals surface area contributed by atoms with Crippen molar-refractivity contribution in [1.29, 1.82) is 0 Å². The highest BCUT2D eigenvalue weighted by Crippen LogP contribution is 2.13. The first-order chi connectivity index (χ1) is 10.9. The Balaban J connectivity index is 1.73. The normalized spacial score (nSPS) is 11.2. The SMILES string of the molecule is NS(=O)(=O)c1ccc(CCNC(=O)CSc2ccccn2)cc1. The fraction of sp³-hybridized carbons (Fsp3) is 0.200. The van der Waals surface area contributed by atoms with Crippen LogP contribution in [0.5, 0.6) is 0 Å². The first kappa shape index (κ1) is 17.5. The molecule has 0 saturated carbocycles. The molecule has 2 rings (SSSR count). The molecule has 1 amide bonds. The molecule has 0 aliphatic carbocycles. The van der Waals surface area contributed by atoms with Crippen molar-refractivity contribution >= 4 is 27.7 Å². The summed E-state index contributed by atoms with van der Waals surface area (Å²) in [6, 6.07) is 11.9. The Bertz CT molecular complexity index is 747. The zero-order chi connectivity index (χ0) is 16.7. The third-order valence-electron chi connectivity index (χ3n) is 2.98. The monoisotopic (exact) mass is 351 g/mol. The number of rotatable bonds is 7. The molecule has 0 saturated heterocycles. The van der Waals surface area contributed by atoms with E-state index in [9.17, 15) is 13.2 Å². The number of benzene rings is 1. The Labute approximate surface area is 139 Å². The summed E-state index contributed by atoms with van der Waals surface area (Å²) in [4.78, 5) is 15.9. The maximum absolute atomic E-state index is 11.7. The van der Waals surface area contributed by atoms with Crippen molar-refractivity contribution in [2.45, 2.75) is 16.3 Å². The number of carbonyl (C=O) groups excluding carboxylic acids is 1. The molecule has 3 N–H and O–H groups in total. The minimum absolute atomic E-state index is 0.0678. The maximum Gasteiger partial charge on any atom is 0.238 e. The third-order valence-corrected chi connectivity index (χ3v) is 4.85. The number of amides is 1. The van der Waals surface area contributed by atoms with Crippen molar-refractivity contribution in [3.8, 4) is 0 Å². The summed E-state index contributed by atoms with van der Waals surface area (Å²) in [6.07, 6.45) is 2.30. The van der Waals surface area contributed by atoms with Crippen LogP contribution in [0.2, 0.25) is 0 Å². The van der Waals surface area contributed by atoms with E-state index in [0.29, 0.717) is 18.7 Å². The van der Waals surface area contributed by atoms with Crippen LogP contribution in [-0.4, -0.2) is 31.6 Å². The number of carbonyl (C=O) groups is 1. The second-order valence-electron chi connectivity index (χ2n) is 4.75. The highest BCUT2D eigenvalue weighted by Gasteiger charge is 2.07. The van der Waals surface area contributed by atoms with Gasteiger partial charge in [-0.15, -0.1) is 0 Å². The number of hydrogen-bond acceptors (Lipinski definition) is 5. The van der Waals surface area contributed by atoms with Crippen molar-refractivity contribution in [2.75, 3.05) is 12.3 Å². The third kappa shape index (κ3) is 6.01. The molecule has 8 heteroatoms. The second kappa shape index (κ2) is 8.09. The van der Waals surface area contributed by atoms with Crippen LogP contribution in [0.4, 0.5) is 0 Å². The van der Waals surface area contributed by atoms with Gasteiger partial charge in [-0.25, -0.2) is 18.5 Å². The Morgan fingerprint density at radius 2 is 1.91 bits per heavy atom. The zero-order valence-electron chi connectivity index (χ0n) is 12.3. The number of thioether (sulfide) groups is 1. The first-order valence-electron chi connectivity index (χ1n) is 6.87. The number of pyridine rings is 1. The largest absolute Gasteiger partial charge is 0.355 e. The van der Waals surface area contributed by atoms with E-state index < -0.39 is 10.0 Å². The molecule has 122 valence electrons. The van der Waals surface area contributed by atoms with E-state index in [1.165, 1.54) is 23.9 Å². The van der Waals surface area contributed by atoms with Gasteiger partial charge in [-0.05, 0) is 36.2 Å². The topological polar surface area (TPSA) is 102 Å². The summed E-state index contributed by atoms with van der Waals surface area (Å²) in [7, 11) is -3.67. The predicted molar refractivity (Wildman–Crippen MR) is 89.5 cm³/mol. The molecule has 0 fully saturated rings. The van der Waals surface area contributed by atoms with Gasteiger partial charge in [0, 0.05) is 12.7 Å². The van der Waals surface area contributed by atoms with Gasteiger partial charge in [-0.3, -0.25) is 4.79 Å². The molecule has 0 radical (unpaired) electrons. The number of aromatic nitrogens is 1. The molecule has 0 bridgehead atoms. The summed E-state index contributed by atoms with van der Waals surface area (Å²) in [6.45, 7) is 0.482. The molecule has 23 heavy (non-hydrogen) atoms. The summed E-state index contributed by atoms with van der Waals surface area (Å²) in [5.74, 6) is 0.239. The Hall–Kier alpha value is -1.90. The van der Waals surface area contributed by atoms with Crippen molar-refractivity contribution in [3.63, 3.8) is 0 Å². The Morgan fingerprint density at radius 1 is 1.17 bits per heavy atom. The van der Waals surface area contributed by atoms with Gasteiger partial charge in [-0.2, -0.15) is 0 Å². The van der Waals surface area contributed by atoms with Crippen LogP contribution in [0, 0.1) is 0 Å². The molecule has 0 unspecified atom stereocenters. The molecule has 1 aromatic heterocycles. The molecule has 1 aromatic carbocycles. The van der Waals surface area contributed by atoms with Crippen molar-refractivity contribution in [2.24, 2.45) is 5.14 Å². The molecular formula is C15H17N3O3S2. The summed E-state index contributed by atoms with van der Waals surface area (Å²) in [5.41, 5.74) is 0.926. The van der Waals surface area contributed by atoms with Gasteiger partial charge in [0.15, 0.2) is 0 Å². The van der Waals surface area contributed by atoms with Gasteiger partial charge in [0.1, 0.15) is 0 Å². The van der Waals surface area contributed by atoms with E-state index >= 15 is 0 Å². The first-order valence-corrected chi connectivity index (χ1v) is 9.40. The number of sulfonamides is 1. The summed E-state index contributed by atoms with van der Waals surface area (Å²) >= 11 is 1.38. The van der Waals surface area contributed by atoms with E-state index in [4.69, 9.17) is 5.14 Å². The van der Waals surface area contributed by atoms with Crippen LogP contribution >= 0.6 is 11.8 Å². The molecule has 0 spiro atoms. The van der Waals surface area contributed by atoms with Crippen LogP contribution in [-0.2, 0) is 21.2 Å². The molecular weight excluding hydrogens is 334 g/mol. The zero-order valence-corrected chi connectivity index (χ0v) is 13.9. The lowest BCUT2D eigenvalue weighted by molar-refractivity contribution is -0.118. The number of hydrogen-bond donors (Lipinski definition) is 2. The van der Waals surface area contributed by atoms with Crippen LogP contribution in [0.1, 0.15) is 5.56 Å². The number of nitrogens with zero attached hydrogens (tertiary/aromatic N) is 1. The molecule has 6 nitrogen and oxygen atoms in total. The average molecular weight is 351 g/mol. The Morgan fingerprint density at radius 3 is 2.52 bits per heavy atom. The molecule has 2 aromatic rings. The number of primary sulfonamides is 1. The van der Waals surface area contributed by atoms with Gasteiger partial charge in [0.25, 0.3) is 0 Å². The molecule has 0 aliphatic rings. The van der Waals surface area contributed by atoms with E-state index in [2.05, 4.69) is 10.3 Å². The predicted octanol–water partition coefficient (Wildman–Crippen LogP) is 1.18. The maximum atomic E-state index is 11.7. The smallest absolute Gasteiger partial charge is 0.238 e. The van der Waals surface area contributed by atoms with Gasteiger partial charge >= 0.3 is 0 Å². The minimum Gasteiger partial charge on any atom is -0.355 e. The molecule has 0 atom stereocenters. The summed E-state index contributed by atoms with van der Waals surface area (Å²) < 4.78 is 22.3. The lowest BCUT2D eigenvalue weighted by Crippen LogP contribution is -2.27. The quantitative estimate of drug-likeness (QED) is 0.729. The van der Waals surface area contributed by atoms with Crippen molar-refractivity contribution < 1.29 is 13.2 Å². The number of nitrogens with one attached hydrogen (secondary N) is 1. The van der Waals surface area contributed by atoms with Gasteiger partial charge in [0.05, 0.1) is 15.7 Å². The lowest BCUT2D eigenvalue weighted by atomic mass is 10.1. The number of nitrogens with two attached hydrogens (primary N) is 1. The standard InChI is InChI=1S/C15H17N3O3S2/c16-23(20,21)13-6-4-12(5-7-13)8-10-17-14(19)11-22-15-3-1-2-9-18-15/h1-7,9H,8,10-11H2,(H,17,19)(H2,16,20,21). The fourth-order valence-electron chi connectivity index (χ4n) is 1.82. The molecule has 1 heterocycles.